The maximum atomic E-state index is 4.78. The molecular weight excluding hydrogens is 268 g/mol. The standard InChI is InChI=1S/C15H22N4S/c1-5-16-14-13-9(2)10(3)20-15(13)18-12(17-14)8-19(4)11-6-7-11/h11H,5-8H2,1-4H3,(H,16,17,18). The fourth-order valence-corrected chi connectivity index (χ4v) is 3.58. The smallest absolute Gasteiger partial charge is 0.146 e. The van der Waals surface area contributed by atoms with Crippen LogP contribution in [0.1, 0.15) is 36.0 Å². The number of anilines is 1. The van der Waals surface area contributed by atoms with Crippen LogP contribution in [-0.4, -0.2) is 34.5 Å². The minimum atomic E-state index is 0.740. The second kappa shape index (κ2) is 5.30. The van der Waals surface area contributed by atoms with E-state index in [9.17, 15) is 0 Å². The van der Waals surface area contributed by atoms with E-state index in [-0.39, 0.29) is 0 Å². The second-order valence-electron chi connectivity index (χ2n) is 5.63. The van der Waals surface area contributed by atoms with Gasteiger partial charge in [-0.25, -0.2) is 9.97 Å². The Morgan fingerprint density at radius 2 is 2.05 bits per heavy atom. The van der Waals surface area contributed by atoms with Gasteiger partial charge in [-0.05, 0) is 46.2 Å². The molecule has 0 radical (unpaired) electrons. The molecule has 0 bridgehead atoms. The summed E-state index contributed by atoms with van der Waals surface area (Å²) in [6.45, 7) is 8.16. The predicted octanol–water partition coefficient (Wildman–Crippen LogP) is 3.33. The fourth-order valence-electron chi connectivity index (χ4n) is 2.53. The molecule has 1 N–H and O–H groups in total. The van der Waals surface area contributed by atoms with Crippen molar-refractivity contribution in [2.75, 3.05) is 18.9 Å². The first-order chi connectivity index (χ1) is 9.60. The van der Waals surface area contributed by atoms with E-state index < -0.39 is 0 Å². The van der Waals surface area contributed by atoms with E-state index in [1.54, 1.807) is 11.3 Å². The normalized spacial score (nSPS) is 15.2. The minimum absolute atomic E-state index is 0.740. The molecule has 1 aliphatic carbocycles. The maximum absolute atomic E-state index is 4.78. The van der Waals surface area contributed by atoms with Crippen LogP contribution in [0.15, 0.2) is 0 Å². The summed E-state index contributed by atoms with van der Waals surface area (Å²) in [5, 5.41) is 4.60. The third-order valence-electron chi connectivity index (χ3n) is 3.98. The van der Waals surface area contributed by atoms with Crippen molar-refractivity contribution >= 4 is 27.4 Å². The van der Waals surface area contributed by atoms with Crippen LogP contribution in [0.5, 0.6) is 0 Å². The molecule has 108 valence electrons. The summed E-state index contributed by atoms with van der Waals surface area (Å²) < 4.78 is 0. The Labute approximate surface area is 124 Å². The van der Waals surface area contributed by atoms with Gasteiger partial charge in [0.05, 0.1) is 11.9 Å². The van der Waals surface area contributed by atoms with Gasteiger partial charge in [-0.15, -0.1) is 11.3 Å². The van der Waals surface area contributed by atoms with E-state index in [1.807, 2.05) is 0 Å². The van der Waals surface area contributed by atoms with Gasteiger partial charge in [0.15, 0.2) is 0 Å². The number of hydrogen-bond acceptors (Lipinski definition) is 5. The van der Waals surface area contributed by atoms with Gasteiger partial charge < -0.3 is 5.32 Å². The van der Waals surface area contributed by atoms with Crippen molar-refractivity contribution in [2.45, 2.75) is 46.2 Å². The van der Waals surface area contributed by atoms with Crippen molar-refractivity contribution in [2.24, 2.45) is 0 Å². The van der Waals surface area contributed by atoms with Gasteiger partial charge in [-0.1, -0.05) is 0 Å². The van der Waals surface area contributed by atoms with Crippen LogP contribution in [0.4, 0.5) is 5.82 Å². The third-order valence-corrected chi connectivity index (χ3v) is 5.08. The van der Waals surface area contributed by atoms with Crippen molar-refractivity contribution in [3.8, 4) is 0 Å². The monoisotopic (exact) mass is 290 g/mol. The molecule has 20 heavy (non-hydrogen) atoms. The molecule has 2 heterocycles. The van der Waals surface area contributed by atoms with Crippen LogP contribution in [-0.2, 0) is 6.54 Å². The SMILES string of the molecule is CCNc1nc(CN(C)C2CC2)nc2sc(C)c(C)c12. The third kappa shape index (κ3) is 2.52. The Bertz CT molecular complexity index is 630. The van der Waals surface area contributed by atoms with E-state index in [0.717, 1.165) is 35.6 Å². The van der Waals surface area contributed by atoms with Gasteiger partial charge in [-0.2, -0.15) is 0 Å². The summed E-state index contributed by atoms with van der Waals surface area (Å²) >= 11 is 1.77. The van der Waals surface area contributed by atoms with Crippen LogP contribution in [0.25, 0.3) is 10.2 Å². The van der Waals surface area contributed by atoms with Crippen LogP contribution in [0.3, 0.4) is 0 Å². The van der Waals surface area contributed by atoms with Crippen molar-refractivity contribution in [1.82, 2.24) is 14.9 Å². The number of fused-ring (bicyclic) bond motifs is 1. The van der Waals surface area contributed by atoms with Gasteiger partial charge in [-0.3, -0.25) is 4.90 Å². The molecule has 1 fully saturated rings. The van der Waals surface area contributed by atoms with E-state index in [0.29, 0.717) is 0 Å². The Morgan fingerprint density at radius 3 is 2.70 bits per heavy atom. The summed E-state index contributed by atoms with van der Waals surface area (Å²) in [6.07, 6.45) is 2.63. The molecule has 0 aliphatic heterocycles. The average Bonchev–Trinajstić information content (AvgIpc) is 3.18. The molecule has 0 amide bonds. The summed E-state index contributed by atoms with van der Waals surface area (Å²) in [7, 11) is 2.17. The number of aryl methyl sites for hydroxylation is 2. The molecule has 2 aromatic rings. The molecule has 1 saturated carbocycles. The molecule has 0 aromatic carbocycles. The molecule has 3 rings (SSSR count). The molecule has 0 atom stereocenters. The largest absolute Gasteiger partial charge is 0.370 e. The van der Waals surface area contributed by atoms with E-state index in [2.05, 4.69) is 38.0 Å². The number of nitrogens with zero attached hydrogens (tertiary/aromatic N) is 3. The summed E-state index contributed by atoms with van der Waals surface area (Å²) in [4.78, 5) is 14.3. The Kier molecular flexibility index (Phi) is 3.65. The molecule has 2 aromatic heterocycles. The van der Waals surface area contributed by atoms with Crippen molar-refractivity contribution in [1.29, 1.82) is 0 Å². The zero-order valence-electron chi connectivity index (χ0n) is 12.7. The van der Waals surface area contributed by atoms with Crippen molar-refractivity contribution in [3.05, 3.63) is 16.3 Å². The number of aromatic nitrogens is 2. The highest BCUT2D eigenvalue weighted by molar-refractivity contribution is 7.18. The first-order valence-electron chi connectivity index (χ1n) is 7.31. The predicted molar refractivity (Wildman–Crippen MR) is 85.5 cm³/mol. The Balaban J connectivity index is 2.00. The van der Waals surface area contributed by atoms with Gasteiger partial charge in [0.1, 0.15) is 16.5 Å². The topological polar surface area (TPSA) is 41.1 Å². The molecule has 4 nitrogen and oxygen atoms in total. The first kappa shape index (κ1) is 13.8. The van der Waals surface area contributed by atoms with Crippen molar-refractivity contribution < 1.29 is 0 Å². The lowest BCUT2D eigenvalue weighted by Gasteiger charge is -2.15. The van der Waals surface area contributed by atoms with E-state index in [4.69, 9.17) is 9.97 Å². The quantitative estimate of drug-likeness (QED) is 0.917. The van der Waals surface area contributed by atoms with E-state index in [1.165, 1.54) is 28.7 Å². The first-order valence-corrected chi connectivity index (χ1v) is 8.12. The average molecular weight is 290 g/mol. The number of nitrogens with one attached hydrogen (secondary N) is 1. The lowest BCUT2D eigenvalue weighted by atomic mass is 10.2. The zero-order valence-corrected chi connectivity index (χ0v) is 13.5. The molecule has 5 heteroatoms. The highest BCUT2D eigenvalue weighted by Crippen LogP contribution is 2.34. The number of thiophene rings is 1. The fraction of sp³-hybridized carbons (Fsp3) is 0.600. The highest BCUT2D eigenvalue weighted by atomic mass is 32.1. The maximum Gasteiger partial charge on any atom is 0.146 e. The van der Waals surface area contributed by atoms with Gasteiger partial charge in [0.2, 0.25) is 0 Å². The van der Waals surface area contributed by atoms with Gasteiger partial charge >= 0.3 is 0 Å². The molecule has 0 unspecified atom stereocenters. The number of hydrogen-bond donors (Lipinski definition) is 1. The van der Waals surface area contributed by atoms with Crippen LogP contribution < -0.4 is 5.32 Å². The Hall–Kier alpha value is -1.20. The van der Waals surface area contributed by atoms with E-state index >= 15 is 0 Å². The van der Waals surface area contributed by atoms with Gasteiger partial charge in [0.25, 0.3) is 0 Å². The minimum Gasteiger partial charge on any atom is -0.370 e. The van der Waals surface area contributed by atoms with Crippen LogP contribution in [0.2, 0.25) is 0 Å². The Morgan fingerprint density at radius 1 is 1.30 bits per heavy atom. The highest BCUT2D eigenvalue weighted by Gasteiger charge is 2.27. The van der Waals surface area contributed by atoms with Crippen LogP contribution >= 0.6 is 11.3 Å². The summed E-state index contributed by atoms with van der Waals surface area (Å²) in [5.74, 6) is 1.93. The molecule has 0 saturated heterocycles. The summed E-state index contributed by atoms with van der Waals surface area (Å²) in [5.41, 5.74) is 1.31. The number of rotatable bonds is 5. The zero-order chi connectivity index (χ0) is 14.3. The summed E-state index contributed by atoms with van der Waals surface area (Å²) in [6, 6.07) is 0.740. The van der Waals surface area contributed by atoms with Gasteiger partial charge in [0, 0.05) is 17.5 Å². The second-order valence-corrected chi connectivity index (χ2v) is 6.83. The molecular formula is C15H22N4S. The van der Waals surface area contributed by atoms with Crippen molar-refractivity contribution in [3.63, 3.8) is 0 Å². The lowest BCUT2D eigenvalue weighted by molar-refractivity contribution is 0.308. The lowest BCUT2D eigenvalue weighted by Crippen LogP contribution is -2.21. The molecule has 1 aliphatic rings. The molecule has 0 spiro atoms. The van der Waals surface area contributed by atoms with Crippen LogP contribution in [0, 0.1) is 13.8 Å².